The first-order valence-electron chi connectivity index (χ1n) is 5.74. The second-order valence-electron chi connectivity index (χ2n) is 4.14. The van der Waals surface area contributed by atoms with E-state index in [4.69, 9.17) is 4.74 Å². The van der Waals surface area contributed by atoms with Gasteiger partial charge in [0.25, 0.3) is 0 Å². The lowest BCUT2D eigenvalue weighted by molar-refractivity contribution is -0.117. The van der Waals surface area contributed by atoms with Gasteiger partial charge in [-0.3, -0.25) is 4.79 Å². The Labute approximate surface area is 126 Å². The Bertz CT molecular complexity index is 439. The molecular formula is C12H16BrClN2O3. The summed E-state index contributed by atoms with van der Waals surface area (Å²) in [5.74, 6) is -0.0918. The van der Waals surface area contributed by atoms with Gasteiger partial charge in [0.05, 0.1) is 18.9 Å². The van der Waals surface area contributed by atoms with E-state index in [1.165, 1.54) is 6.07 Å². The summed E-state index contributed by atoms with van der Waals surface area (Å²) in [6.45, 7) is 1.99. The molecule has 0 spiro atoms. The molecule has 5 nitrogen and oxygen atoms in total. The molecule has 1 aliphatic heterocycles. The van der Waals surface area contributed by atoms with Crippen LogP contribution in [0.25, 0.3) is 0 Å². The highest BCUT2D eigenvalue weighted by molar-refractivity contribution is 9.10. The maximum atomic E-state index is 11.8. The van der Waals surface area contributed by atoms with Gasteiger partial charge in [0, 0.05) is 23.5 Å². The van der Waals surface area contributed by atoms with Crippen LogP contribution in [0, 0.1) is 0 Å². The molecule has 7 heteroatoms. The van der Waals surface area contributed by atoms with E-state index < -0.39 is 0 Å². The van der Waals surface area contributed by atoms with Gasteiger partial charge in [-0.15, -0.1) is 12.4 Å². The minimum Gasteiger partial charge on any atom is -0.506 e. The highest BCUT2D eigenvalue weighted by atomic mass is 79.9. The molecule has 3 N–H and O–H groups in total. The van der Waals surface area contributed by atoms with Crippen molar-refractivity contribution in [3.8, 4) is 5.75 Å². The topological polar surface area (TPSA) is 70.6 Å². The van der Waals surface area contributed by atoms with Crippen molar-refractivity contribution >= 4 is 39.9 Å². The molecule has 1 aliphatic rings. The highest BCUT2D eigenvalue weighted by Gasteiger charge is 2.17. The summed E-state index contributed by atoms with van der Waals surface area (Å²) in [6, 6.07) is 4.94. The van der Waals surface area contributed by atoms with E-state index >= 15 is 0 Å². The van der Waals surface area contributed by atoms with Crippen molar-refractivity contribution < 1.29 is 14.6 Å². The normalized spacial score (nSPS) is 18.5. The molecule has 106 valence electrons. The van der Waals surface area contributed by atoms with E-state index in [2.05, 4.69) is 26.6 Å². The molecule has 1 atom stereocenters. The van der Waals surface area contributed by atoms with Gasteiger partial charge in [-0.1, -0.05) is 15.9 Å². The van der Waals surface area contributed by atoms with Crippen LogP contribution in [0.15, 0.2) is 22.7 Å². The van der Waals surface area contributed by atoms with Gasteiger partial charge in [-0.05, 0) is 18.2 Å². The molecule has 1 heterocycles. The second kappa shape index (κ2) is 7.69. The molecule has 0 bridgehead atoms. The molecule has 1 aromatic carbocycles. The number of amides is 1. The maximum absolute atomic E-state index is 11.8. The zero-order valence-electron chi connectivity index (χ0n) is 10.2. The Hall–Kier alpha value is -0.820. The minimum absolute atomic E-state index is 0. The summed E-state index contributed by atoms with van der Waals surface area (Å²) in [7, 11) is 0. The van der Waals surface area contributed by atoms with Crippen LogP contribution < -0.4 is 10.6 Å². The van der Waals surface area contributed by atoms with E-state index in [1.807, 2.05) is 0 Å². The number of hydrogen-bond donors (Lipinski definition) is 3. The molecule has 0 aliphatic carbocycles. The van der Waals surface area contributed by atoms with Crippen molar-refractivity contribution in [1.29, 1.82) is 0 Å². The van der Waals surface area contributed by atoms with Crippen LogP contribution >= 0.6 is 28.3 Å². The van der Waals surface area contributed by atoms with Crippen LogP contribution in [-0.4, -0.2) is 36.8 Å². The van der Waals surface area contributed by atoms with Crippen molar-refractivity contribution in [3.05, 3.63) is 22.7 Å². The molecule has 0 saturated carbocycles. The van der Waals surface area contributed by atoms with Crippen molar-refractivity contribution in [2.75, 3.05) is 25.1 Å². The van der Waals surface area contributed by atoms with Gasteiger partial charge < -0.3 is 20.5 Å². The lowest BCUT2D eigenvalue weighted by Crippen LogP contribution is -2.43. The van der Waals surface area contributed by atoms with Gasteiger partial charge in [0.15, 0.2) is 0 Å². The van der Waals surface area contributed by atoms with Gasteiger partial charge in [-0.2, -0.15) is 0 Å². The Morgan fingerprint density at radius 3 is 3.05 bits per heavy atom. The molecule has 1 unspecified atom stereocenters. The predicted octanol–water partition coefficient (Wildman–Crippen LogP) is 1.89. The van der Waals surface area contributed by atoms with E-state index in [1.54, 1.807) is 12.1 Å². The lowest BCUT2D eigenvalue weighted by Gasteiger charge is -2.23. The number of ether oxygens (including phenoxy) is 1. The van der Waals surface area contributed by atoms with Gasteiger partial charge in [0.1, 0.15) is 5.75 Å². The summed E-state index contributed by atoms with van der Waals surface area (Å²) in [6.07, 6.45) is 0.325. The summed E-state index contributed by atoms with van der Waals surface area (Å²) < 4.78 is 6.08. The number of halogens is 2. The Morgan fingerprint density at radius 1 is 1.58 bits per heavy atom. The number of hydrogen-bond acceptors (Lipinski definition) is 4. The van der Waals surface area contributed by atoms with Crippen LogP contribution in [-0.2, 0) is 9.53 Å². The molecule has 0 radical (unpaired) electrons. The second-order valence-corrected chi connectivity index (χ2v) is 5.06. The summed E-state index contributed by atoms with van der Waals surface area (Å²) in [5.41, 5.74) is 0.408. The first-order chi connectivity index (χ1) is 8.65. The molecule has 19 heavy (non-hydrogen) atoms. The standard InChI is InChI=1S/C12H15BrN2O3.ClH/c13-8-1-2-11(16)10(5-8)15-12(17)6-9-7-18-4-3-14-9;/h1-2,5,9,14,16H,3-4,6-7H2,(H,15,17);1H. The average Bonchev–Trinajstić information content (AvgIpc) is 2.35. The molecule has 1 saturated heterocycles. The highest BCUT2D eigenvalue weighted by Crippen LogP contribution is 2.26. The van der Waals surface area contributed by atoms with Gasteiger partial charge >= 0.3 is 0 Å². The first kappa shape index (κ1) is 16.2. The average molecular weight is 352 g/mol. The van der Waals surface area contributed by atoms with Crippen LogP contribution in [0.3, 0.4) is 0 Å². The third-order valence-electron chi connectivity index (χ3n) is 2.66. The summed E-state index contributed by atoms with van der Waals surface area (Å²) >= 11 is 3.29. The lowest BCUT2D eigenvalue weighted by atomic mass is 10.2. The monoisotopic (exact) mass is 350 g/mol. The van der Waals surface area contributed by atoms with Crippen LogP contribution in [0.2, 0.25) is 0 Å². The zero-order valence-corrected chi connectivity index (χ0v) is 12.6. The number of phenols is 1. The Balaban J connectivity index is 0.00000180. The number of carbonyl (C=O) groups excluding carboxylic acids is 1. The summed E-state index contributed by atoms with van der Waals surface area (Å²) in [5, 5.41) is 15.5. The Kier molecular flexibility index (Phi) is 6.57. The minimum atomic E-state index is -0.147. The largest absolute Gasteiger partial charge is 0.506 e. The van der Waals surface area contributed by atoms with Gasteiger partial charge in [-0.25, -0.2) is 0 Å². The molecule has 1 amide bonds. The summed E-state index contributed by atoms with van der Waals surface area (Å²) in [4.78, 5) is 11.8. The van der Waals surface area contributed by atoms with Crippen molar-refractivity contribution in [2.45, 2.75) is 12.5 Å². The maximum Gasteiger partial charge on any atom is 0.226 e. The quantitative estimate of drug-likeness (QED) is 0.727. The number of nitrogens with one attached hydrogen (secondary N) is 2. The Morgan fingerprint density at radius 2 is 2.37 bits per heavy atom. The van der Waals surface area contributed by atoms with E-state index in [9.17, 15) is 9.90 Å². The fraction of sp³-hybridized carbons (Fsp3) is 0.417. The molecule has 1 fully saturated rings. The number of aromatic hydroxyl groups is 1. The smallest absolute Gasteiger partial charge is 0.226 e. The van der Waals surface area contributed by atoms with Crippen LogP contribution in [0.5, 0.6) is 5.75 Å². The number of benzene rings is 1. The number of phenolic OH excluding ortho intramolecular Hbond substituents is 1. The molecule has 0 aromatic heterocycles. The van der Waals surface area contributed by atoms with Crippen LogP contribution in [0.1, 0.15) is 6.42 Å². The SMILES string of the molecule is Cl.O=C(CC1COCCN1)Nc1cc(Br)ccc1O. The van der Waals surface area contributed by atoms with E-state index in [-0.39, 0.29) is 30.1 Å². The number of anilines is 1. The van der Waals surface area contributed by atoms with Crippen molar-refractivity contribution in [1.82, 2.24) is 5.32 Å². The molecular weight excluding hydrogens is 336 g/mol. The van der Waals surface area contributed by atoms with E-state index in [0.29, 0.717) is 25.3 Å². The van der Waals surface area contributed by atoms with Crippen molar-refractivity contribution in [2.24, 2.45) is 0 Å². The molecule has 1 aromatic rings. The van der Waals surface area contributed by atoms with Gasteiger partial charge in [0.2, 0.25) is 5.91 Å². The van der Waals surface area contributed by atoms with Crippen LogP contribution in [0.4, 0.5) is 5.69 Å². The number of carbonyl (C=O) groups is 1. The third kappa shape index (κ3) is 4.99. The predicted molar refractivity (Wildman–Crippen MR) is 78.9 cm³/mol. The zero-order chi connectivity index (χ0) is 13.0. The molecule has 2 rings (SSSR count). The third-order valence-corrected chi connectivity index (χ3v) is 3.16. The van der Waals surface area contributed by atoms with Crippen molar-refractivity contribution in [3.63, 3.8) is 0 Å². The number of morpholine rings is 1. The first-order valence-corrected chi connectivity index (χ1v) is 6.54. The van der Waals surface area contributed by atoms with E-state index in [0.717, 1.165) is 11.0 Å². The number of rotatable bonds is 3. The fourth-order valence-electron chi connectivity index (χ4n) is 1.78. The fourth-order valence-corrected chi connectivity index (χ4v) is 2.15.